The van der Waals surface area contributed by atoms with Gasteiger partial charge in [-0.2, -0.15) is 5.10 Å². The molecule has 10 nitrogen and oxygen atoms in total. The highest BCUT2D eigenvalue weighted by Gasteiger charge is 2.14. The maximum atomic E-state index is 12.6. The fraction of sp³-hybridized carbons (Fsp3) is 0.0345. The van der Waals surface area contributed by atoms with Crippen LogP contribution in [0, 0.1) is 17.0 Å². The van der Waals surface area contributed by atoms with E-state index in [2.05, 4.69) is 15.8 Å². The minimum absolute atomic E-state index is 0.134. The van der Waals surface area contributed by atoms with Crippen LogP contribution in [-0.2, 0) is 0 Å². The van der Waals surface area contributed by atoms with Crippen LogP contribution in [0.2, 0.25) is 0 Å². The SMILES string of the molecule is Cc1ccc(C(=O)Nc2cccc(C(=O)NN=Cc3ccccc3OC(=O)c3ccc([N+](=O)[O-])cc3)c2)cc1. The third kappa shape index (κ3) is 6.98. The number of anilines is 1. The second-order valence-corrected chi connectivity index (χ2v) is 8.33. The van der Waals surface area contributed by atoms with Gasteiger partial charge in [0.1, 0.15) is 5.75 Å². The quantitative estimate of drug-likeness (QED) is 0.108. The normalized spacial score (nSPS) is 10.6. The van der Waals surface area contributed by atoms with Crippen LogP contribution in [0.25, 0.3) is 0 Å². The van der Waals surface area contributed by atoms with E-state index in [0.717, 1.165) is 5.56 Å². The van der Waals surface area contributed by atoms with Gasteiger partial charge in [-0.25, -0.2) is 10.2 Å². The van der Waals surface area contributed by atoms with Crippen molar-refractivity contribution < 1.29 is 24.0 Å². The predicted molar refractivity (Wildman–Crippen MR) is 145 cm³/mol. The van der Waals surface area contributed by atoms with E-state index in [1.807, 2.05) is 19.1 Å². The monoisotopic (exact) mass is 522 g/mol. The van der Waals surface area contributed by atoms with Crippen LogP contribution in [-0.4, -0.2) is 28.9 Å². The third-order valence-corrected chi connectivity index (χ3v) is 5.50. The van der Waals surface area contributed by atoms with Gasteiger partial charge in [0.05, 0.1) is 16.7 Å². The average Bonchev–Trinajstić information content (AvgIpc) is 2.94. The summed E-state index contributed by atoms with van der Waals surface area (Å²) in [6, 6.07) is 25.1. The van der Waals surface area contributed by atoms with Crippen molar-refractivity contribution in [2.45, 2.75) is 6.92 Å². The molecule has 10 heteroatoms. The summed E-state index contributed by atoms with van der Waals surface area (Å²) in [6.45, 7) is 1.93. The molecule has 4 aromatic carbocycles. The molecule has 0 aliphatic heterocycles. The topological polar surface area (TPSA) is 140 Å². The molecule has 39 heavy (non-hydrogen) atoms. The molecule has 0 unspecified atom stereocenters. The predicted octanol–water partition coefficient (Wildman–Crippen LogP) is 5.14. The van der Waals surface area contributed by atoms with Crippen LogP contribution >= 0.6 is 0 Å². The number of carbonyl (C=O) groups is 3. The van der Waals surface area contributed by atoms with Crippen molar-refractivity contribution in [3.8, 4) is 5.75 Å². The first kappa shape index (κ1) is 26.4. The summed E-state index contributed by atoms with van der Waals surface area (Å²) < 4.78 is 5.42. The summed E-state index contributed by atoms with van der Waals surface area (Å²) in [5, 5.41) is 17.5. The number of nitro groups is 1. The van der Waals surface area contributed by atoms with E-state index < -0.39 is 16.8 Å². The number of hydrazone groups is 1. The van der Waals surface area contributed by atoms with Crippen LogP contribution < -0.4 is 15.5 Å². The number of esters is 1. The second kappa shape index (κ2) is 12.1. The van der Waals surface area contributed by atoms with Gasteiger partial charge < -0.3 is 10.1 Å². The molecule has 0 atom stereocenters. The number of nitrogens with one attached hydrogen (secondary N) is 2. The van der Waals surface area contributed by atoms with Gasteiger partial charge in [0.15, 0.2) is 0 Å². The Kier molecular flexibility index (Phi) is 8.17. The Hall–Kier alpha value is -5.64. The number of rotatable bonds is 8. The number of carbonyl (C=O) groups excluding carboxylic acids is 3. The van der Waals surface area contributed by atoms with Gasteiger partial charge in [0.25, 0.3) is 17.5 Å². The first-order valence-electron chi connectivity index (χ1n) is 11.7. The molecule has 0 radical (unpaired) electrons. The van der Waals surface area contributed by atoms with E-state index in [-0.39, 0.29) is 28.5 Å². The van der Waals surface area contributed by atoms with Gasteiger partial charge >= 0.3 is 5.97 Å². The molecular weight excluding hydrogens is 500 g/mol. The lowest BCUT2D eigenvalue weighted by molar-refractivity contribution is -0.384. The highest BCUT2D eigenvalue weighted by molar-refractivity contribution is 6.05. The van der Waals surface area contributed by atoms with Crippen LogP contribution in [0.1, 0.15) is 42.2 Å². The van der Waals surface area contributed by atoms with Gasteiger partial charge in [-0.15, -0.1) is 0 Å². The maximum absolute atomic E-state index is 12.6. The molecule has 194 valence electrons. The molecule has 0 aliphatic carbocycles. The molecule has 0 fully saturated rings. The van der Waals surface area contributed by atoms with Crippen molar-refractivity contribution in [2.24, 2.45) is 5.10 Å². The number of ether oxygens (including phenoxy) is 1. The second-order valence-electron chi connectivity index (χ2n) is 8.33. The largest absolute Gasteiger partial charge is 0.422 e. The molecule has 2 amide bonds. The maximum Gasteiger partial charge on any atom is 0.343 e. The number of para-hydroxylation sites is 1. The molecule has 4 aromatic rings. The van der Waals surface area contributed by atoms with E-state index in [1.165, 1.54) is 36.5 Å². The first-order chi connectivity index (χ1) is 18.8. The summed E-state index contributed by atoms with van der Waals surface area (Å²) in [4.78, 5) is 47.8. The number of nitrogens with zero attached hydrogens (tertiary/aromatic N) is 2. The smallest absolute Gasteiger partial charge is 0.343 e. The Morgan fingerprint density at radius 2 is 1.51 bits per heavy atom. The van der Waals surface area contributed by atoms with E-state index in [4.69, 9.17) is 4.74 Å². The zero-order valence-corrected chi connectivity index (χ0v) is 20.7. The molecule has 0 aliphatic rings. The molecule has 0 bridgehead atoms. The van der Waals surface area contributed by atoms with Crippen LogP contribution in [0.5, 0.6) is 5.75 Å². The number of non-ortho nitro benzene ring substituents is 1. The Morgan fingerprint density at radius 1 is 0.821 bits per heavy atom. The number of aryl methyl sites for hydroxylation is 1. The van der Waals surface area contributed by atoms with E-state index >= 15 is 0 Å². The molecule has 0 saturated heterocycles. The lowest BCUT2D eigenvalue weighted by Crippen LogP contribution is -2.18. The fourth-order valence-electron chi connectivity index (χ4n) is 3.43. The van der Waals surface area contributed by atoms with Crippen molar-refractivity contribution in [1.82, 2.24) is 5.43 Å². The van der Waals surface area contributed by atoms with Crippen molar-refractivity contribution in [3.63, 3.8) is 0 Å². The highest BCUT2D eigenvalue weighted by atomic mass is 16.6. The molecule has 0 aromatic heterocycles. The van der Waals surface area contributed by atoms with Gasteiger partial charge in [-0.05, 0) is 61.5 Å². The van der Waals surface area contributed by atoms with E-state index in [0.29, 0.717) is 16.8 Å². The molecule has 0 heterocycles. The standard InChI is InChI=1S/C29H22N4O6/c1-19-9-11-20(12-10-19)27(34)31-24-7-4-6-22(17-24)28(35)32-30-18-23-5-2-3-8-26(23)39-29(36)21-13-15-25(16-14-21)33(37)38/h2-18H,1H3,(H,31,34)(H,32,35). The van der Waals surface area contributed by atoms with Crippen LogP contribution in [0.15, 0.2) is 102 Å². The molecule has 0 spiro atoms. The van der Waals surface area contributed by atoms with Gasteiger partial charge in [-0.1, -0.05) is 35.9 Å². The van der Waals surface area contributed by atoms with Crippen molar-refractivity contribution in [3.05, 3.63) is 135 Å². The lowest BCUT2D eigenvalue weighted by atomic mass is 10.1. The summed E-state index contributed by atoms with van der Waals surface area (Å²) in [5.74, 6) is -1.34. The zero-order valence-electron chi connectivity index (χ0n) is 20.7. The molecule has 0 saturated carbocycles. The number of nitro benzene ring substituents is 1. The number of hydrogen-bond donors (Lipinski definition) is 2. The van der Waals surface area contributed by atoms with Crippen LogP contribution in [0.4, 0.5) is 11.4 Å². The summed E-state index contributed by atoms with van der Waals surface area (Å²) in [7, 11) is 0. The third-order valence-electron chi connectivity index (χ3n) is 5.50. The minimum Gasteiger partial charge on any atom is -0.422 e. The van der Waals surface area contributed by atoms with Gasteiger partial charge in [-0.3, -0.25) is 19.7 Å². The van der Waals surface area contributed by atoms with E-state index in [1.54, 1.807) is 54.6 Å². The van der Waals surface area contributed by atoms with Crippen molar-refractivity contribution >= 4 is 35.4 Å². The minimum atomic E-state index is -0.709. The Bertz CT molecular complexity index is 1560. The van der Waals surface area contributed by atoms with Crippen molar-refractivity contribution in [1.29, 1.82) is 0 Å². The Labute approximate surface area is 223 Å². The number of benzene rings is 4. The lowest BCUT2D eigenvalue weighted by Gasteiger charge is -2.08. The zero-order chi connectivity index (χ0) is 27.8. The summed E-state index contributed by atoms with van der Waals surface area (Å²) in [6.07, 6.45) is 1.32. The highest BCUT2D eigenvalue weighted by Crippen LogP contribution is 2.19. The number of hydrogen-bond acceptors (Lipinski definition) is 7. The van der Waals surface area contributed by atoms with Crippen LogP contribution in [0.3, 0.4) is 0 Å². The van der Waals surface area contributed by atoms with Gasteiger partial charge in [0, 0.05) is 34.5 Å². The van der Waals surface area contributed by atoms with E-state index in [9.17, 15) is 24.5 Å². The molecule has 4 rings (SSSR count). The first-order valence-corrected chi connectivity index (χ1v) is 11.7. The van der Waals surface area contributed by atoms with Gasteiger partial charge in [0.2, 0.25) is 0 Å². The number of amides is 2. The Balaban J connectivity index is 1.39. The summed E-state index contributed by atoms with van der Waals surface area (Å²) in [5.41, 5.74) is 5.05. The molecular formula is C29H22N4O6. The average molecular weight is 523 g/mol. The summed E-state index contributed by atoms with van der Waals surface area (Å²) >= 11 is 0. The Morgan fingerprint density at radius 3 is 2.23 bits per heavy atom. The fourth-order valence-corrected chi connectivity index (χ4v) is 3.43. The molecule has 2 N–H and O–H groups in total. The van der Waals surface area contributed by atoms with Crippen molar-refractivity contribution in [2.75, 3.05) is 5.32 Å².